The van der Waals surface area contributed by atoms with Gasteiger partial charge < -0.3 is 20.3 Å². The second-order valence-electron chi connectivity index (χ2n) is 8.17. The van der Waals surface area contributed by atoms with Gasteiger partial charge in [0, 0.05) is 12.0 Å². The van der Waals surface area contributed by atoms with Crippen molar-refractivity contribution in [2.24, 2.45) is 5.73 Å². The number of carbonyl (C=O) groups is 2. The molecule has 0 spiro atoms. The average Bonchev–Trinajstić information content (AvgIpc) is 2.58. The van der Waals surface area contributed by atoms with Gasteiger partial charge in [-0.25, -0.2) is 4.79 Å². The number of primary amides is 1. The van der Waals surface area contributed by atoms with E-state index in [0.29, 0.717) is 12.0 Å². The number of aryl methyl sites for hydroxylation is 1. The molecule has 1 aliphatic carbocycles. The Morgan fingerprint density at radius 2 is 1.85 bits per heavy atom. The fourth-order valence-electron chi connectivity index (χ4n) is 3.74. The quantitative estimate of drug-likeness (QED) is 0.720. The van der Waals surface area contributed by atoms with Crippen LogP contribution in [0.5, 0.6) is 5.75 Å². The zero-order valence-electron chi connectivity index (χ0n) is 16.5. The molecule has 1 saturated carbocycles. The van der Waals surface area contributed by atoms with E-state index in [0.717, 1.165) is 36.8 Å². The molecule has 1 fully saturated rings. The van der Waals surface area contributed by atoms with Gasteiger partial charge in [-0.05, 0) is 63.1 Å². The molecular formula is C21H31NO5. The topological polar surface area (TPSA) is 98.8 Å². The molecule has 0 radical (unpaired) electrons. The molecular weight excluding hydrogens is 346 g/mol. The van der Waals surface area contributed by atoms with Crippen molar-refractivity contribution in [3.05, 3.63) is 28.8 Å². The summed E-state index contributed by atoms with van der Waals surface area (Å²) in [5.41, 5.74) is 7.19. The second-order valence-corrected chi connectivity index (χ2v) is 8.17. The maximum Gasteiger partial charge on any atom is 0.404 e. The number of hydrogen-bond acceptors (Lipinski definition) is 5. The summed E-state index contributed by atoms with van der Waals surface area (Å²) >= 11 is 0. The Bertz CT molecular complexity index is 672. The summed E-state index contributed by atoms with van der Waals surface area (Å²) in [4.78, 5) is 23.2. The van der Waals surface area contributed by atoms with Crippen LogP contribution in [0.1, 0.15) is 81.9 Å². The molecule has 1 aliphatic rings. The number of benzene rings is 1. The number of phenols is 1. The third-order valence-corrected chi connectivity index (χ3v) is 4.81. The molecule has 150 valence electrons. The zero-order valence-corrected chi connectivity index (χ0v) is 16.5. The van der Waals surface area contributed by atoms with Gasteiger partial charge in [-0.1, -0.05) is 25.3 Å². The SMILES string of the molecule is CC(C)(C)OC(=O)CCc1ccc(O)c(COC(N)=O)c1C1CCCCC1. The highest BCUT2D eigenvalue weighted by atomic mass is 16.6. The fraction of sp³-hybridized carbons (Fsp3) is 0.619. The first-order valence-corrected chi connectivity index (χ1v) is 9.65. The average molecular weight is 377 g/mol. The van der Waals surface area contributed by atoms with E-state index in [-0.39, 0.29) is 30.7 Å². The Labute approximate surface area is 161 Å². The van der Waals surface area contributed by atoms with Crippen molar-refractivity contribution in [1.29, 1.82) is 0 Å². The summed E-state index contributed by atoms with van der Waals surface area (Å²) in [5.74, 6) is 0.129. The van der Waals surface area contributed by atoms with Crippen LogP contribution in [-0.4, -0.2) is 22.8 Å². The van der Waals surface area contributed by atoms with Crippen LogP contribution in [0.4, 0.5) is 4.79 Å². The van der Waals surface area contributed by atoms with Crippen molar-refractivity contribution in [1.82, 2.24) is 0 Å². The maximum atomic E-state index is 12.1. The van der Waals surface area contributed by atoms with Crippen LogP contribution in [0.2, 0.25) is 0 Å². The third-order valence-electron chi connectivity index (χ3n) is 4.81. The lowest BCUT2D eigenvalue weighted by atomic mass is 9.79. The van der Waals surface area contributed by atoms with Crippen LogP contribution in [0, 0.1) is 0 Å². The largest absolute Gasteiger partial charge is 0.508 e. The van der Waals surface area contributed by atoms with Gasteiger partial charge in [-0.15, -0.1) is 0 Å². The highest BCUT2D eigenvalue weighted by molar-refractivity contribution is 5.70. The van der Waals surface area contributed by atoms with Crippen LogP contribution in [-0.2, 0) is 27.3 Å². The lowest BCUT2D eigenvalue weighted by molar-refractivity contribution is -0.154. The normalized spacial score (nSPS) is 15.4. The van der Waals surface area contributed by atoms with Gasteiger partial charge >= 0.3 is 12.1 Å². The standard InChI is InChI=1S/C21H31NO5/c1-21(2,3)27-18(24)12-10-15-9-11-17(23)16(13-26-20(22)25)19(15)14-7-5-4-6-8-14/h9,11,14,23H,4-8,10,12-13H2,1-3H3,(H2,22,25). The molecule has 1 aromatic carbocycles. The molecule has 6 nitrogen and oxygen atoms in total. The number of nitrogens with two attached hydrogens (primary N) is 1. The number of phenolic OH excluding ortho intramolecular Hbond substituents is 1. The first-order valence-electron chi connectivity index (χ1n) is 9.65. The maximum absolute atomic E-state index is 12.1. The molecule has 0 aromatic heterocycles. The van der Waals surface area contributed by atoms with Crippen molar-refractivity contribution < 1.29 is 24.2 Å². The molecule has 3 N–H and O–H groups in total. The van der Waals surface area contributed by atoms with Gasteiger partial charge in [0.2, 0.25) is 0 Å². The summed E-state index contributed by atoms with van der Waals surface area (Å²) < 4.78 is 10.4. The third kappa shape index (κ3) is 6.45. The smallest absolute Gasteiger partial charge is 0.404 e. The number of ether oxygens (including phenoxy) is 2. The molecule has 0 atom stereocenters. The van der Waals surface area contributed by atoms with Crippen LogP contribution < -0.4 is 5.73 Å². The van der Waals surface area contributed by atoms with E-state index in [9.17, 15) is 14.7 Å². The van der Waals surface area contributed by atoms with Crippen LogP contribution in [0.25, 0.3) is 0 Å². The van der Waals surface area contributed by atoms with E-state index < -0.39 is 11.7 Å². The summed E-state index contributed by atoms with van der Waals surface area (Å²) in [6.45, 7) is 5.47. The summed E-state index contributed by atoms with van der Waals surface area (Å²) in [7, 11) is 0. The highest BCUT2D eigenvalue weighted by Gasteiger charge is 2.25. The number of esters is 1. The fourth-order valence-corrected chi connectivity index (χ4v) is 3.74. The summed E-state index contributed by atoms with van der Waals surface area (Å²) in [6.07, 6.45) is 5.41. The van der Waals surface area contributed by atoms with Crippen LogP contribution in [0.3, 0.4) is 0 Å². The van der Waals surface area contributed by atoms with Gasteiger partial charge in [0.1, 0.15) is 18.0 Å². The molecule has 1 aromatic rings. The van der Waals surface area contributed by atoms with Crippen molar-refractivity contribution in [2.75, 3.05) is 0 Å². The molecule has 2 rings (SSSR count). The summed E-state index contributed by atoms with van der Waals surface area (Å²) in [5, 5.41) is 10.4. The molecule has 0 bridgehead atoms. The number of amides is 1. The number of aromatic hydroxyl groups is 1. The van der Waals surface area contributed by atoms with E-state index in [4.69, 9.17) is 15.2 Å². The Balaban J connectivity index is 2.27. The van der Waals surface area contributed by atoms with E-state index in [1.165, 1.54) is 6.42 Å². The van der Waals surface area contributed by atoms with Crippen LogP contribution >= 0.6 is 0 Å². The molecule has 0 saturated heterocycles. The first kappa shape index (κ1) is 21.1. The predicted octanol–water partition coefficient (Wildman–Crippen LogP) is 4.31. The van der Waals surface area contributed by atoms with Gasteiger partial charge in [0.15, 0.2) is 0 Å². The van der Waals surface area contributed by atoms with E-state index in [1.807, 2.05) is 26.8 Å². The lowest BCUT2D eigenvalue weighted by Crippen LogP contribution is -2.24. The van der Waals surface area contributed by atoms with Crippen molar-refractivity contribution in [3.8, 4) is 5.75 Å². The number of carbonyl (C=O) groups excluding carboxylic acids is 2. The van der Waals surface area contributed by atoms with Crippen molar-refractivity contribution in [3.63, 3.8) is 0 Å². The monoisotopic (exact) mass is 377 g/mol. The Hall–Kier alpha value is -2.24. The van der Waals surface area contributed by atoms with Gasteiger partial charge in [0.05, 0.1) is 0 Å². The second kappa shape index (κ2) is 9.11. The van der Waals surface area contributed by atoms with Gasteiger partial charge in [0.25, 0.3) is 0 Å². The predicted molar refractivity (Wildman–Crippen MR) is 102 cm³/mol. The lowest BCUT2D eigenvalue weighted by Gasteiger charge is -2.27. The van der Waals surface area contributed by atoms with Crippen LogP contribution in [0.15, 0.2) is 12.1 Å². The Kier molecular flexibility index (Phi) is 7.11. The minimum atomic E-state index is -0.872. The molecule has 6 heteroatoms. The van der Waals surface area contributed by atoms with E-state index >= 15 is 0 Å². The van der Waals surface area contributed by atoms with Crippen molar-refractivity contribution >= 4 is 12.1 Å². The van der Waals surface area contributed by atoms with Gasteiger partial charge in [-0.3, -0.25) is 4.79 Å². The zero-order chi connectivity index (χ0) is 20.0. The molecule has 1 amide bonds. The Morgan fingerprint density at radius 3 is 2.44 bits per heavy atom. The highest BCUT2D eigenvalue weighted by Crippen LogP contribution is 2.40. The van der Waals surface area contributed by atoms with E-state index in [1.54, 1.807) is 6.07 Å². The minimum Gasteiger partial charge on any atom is -0.508 e. The van der Waals surface area contributed by atoms with E-state index in [2.05, 4.69) is 0 Å². The first-order chi connectivity index (χ1) is 12.7. The van der Waals surface area contributed by atoms with Crippen molar-refractivity contribution in [2.45, 2.75) is 83.8 Å². The minimum absolute atomic E-state index is 0.0622. The molecule has 27 heavy (non-hydrogen) atoms. The summed E-state index contributed by atoms with van der Waals surface area (Å²) in [6, 6.07) is 3.45. The number of rotatable bonds is 6. The molecule has 0 heterocycles. The van der Waals surface area contributed by atoms with Gasteiger partial charge in [-0.2, -0.15) is 0 Å². The molecule has 0 aliphatic heterocycles. The molecule has 0 unspecified atom stereocenters. The number of hydrogen-bond donors (Lipinski definition) is 2. The Morgan fingerprint density at radius 1 is 1.19 bits per heavy atom.